The number of carbonyl (C=O) groups excluding carboxylic acids is 1. The SMILES string of the molecule is CC1Cc2ccccc2N1c1ccc(NC(=O)COc2ccccc2)nc1. The number of rotatable bonds is 5. The highest BCUT2D eigenvalue weighted by atomic mass is 16.5. The zero-order valence-corrected chi connectivity index (χ0v) is 15.1. The van der Waals surface area contributed by atoms with Gasteiger partial charge in [-0.2, -0.15) is 0 Å². The second-order valence-electron chi connectivity index (χ2n) is 6.60. The number of aromatic nitrogens is 1. The number of benzene rings is 2. The van der Waals surface area contributed by atoms with Gasteiger partial charge in [0.1, 0.15) is 11.6 Å². The van der Waals surface area contributed by atoms with Gasteiger partial charge in [0.2, 0.25) is 0 Å². The number of nitrogens with one attached hydrogen (secondary N) is 1. The van der Waals surface area contributed by atoms with Crippen LogP contribution in [0.4, 0.5) is 17.2 Å². The summed E-state index contributed by atoms with van der Waals surface area (Å²) in [7, 11) is 0. The van der Waals surface area contributed by atoms with Crippen LogP contribution in [-0.4, -0.2) is 23.5 Å². The molecule has 2 heterocycles. The van der Waals surface area contributed by atoms with Crippen molar-refractivity contribution in [2.75, 3.05) is 16.8 Å². The maximum absolute atomic E-state index is 12.1. The van der Waals surface area contributed by atoms with Gasteiger partial charge in [0.05, 0.1) is 11.9 Å². The summed E-state index contributed by atoms with van der Waals surface area (Å²) in [6, 6.07) is 21.9. The largest absolute Gasteiger partial charge is 0.484 e. The molecule has 0 fully saturated rings. The van der Waals surface area contributed by atoms with Crippen molar-refractivity contribution in [3.05, 3.63) is 78.5 Å². The predicted molar refractivity (Wildman–Crippen MR) is 107 cm³/mol. The molecule has 1 aliphatic rings. The molecule has 3 aromatic rings. The van der Waals surface area contributed by atoms with Crippen molar-refractivity contribution in [1.82, 2.24) is 4.98 Å². The number of nitrogens with zero attached hydrogens (tertiary/aromatic N) is 2. The summed E-state index contributed by atoms with van der Waals surface area (Å²) in [6.45, 7) is 2.15. The van der Waals surface area contributed by atoms with Crippen LogP contribution < -0.4 is 15.0 Å². The molecule has 5 heteroatoms. The molecule has 2 aromatic carbocycles. The number of pyridine rings is 1. The van der Waals surface area contributed by atoms with Gasteiger partial charge in [-0.1, -0.05) is 36.4 Å². The van der Waals surface area contributed by atoms with Crippen LogP contribution in [0.5, 0.6) is 5.75 Å². The Bertz CT molecular complexity index is 926. The molecule has 1 N–H and O–H groups in total. The van der Waals surface area contributed by atoms with Crippen LogP contribution in [0.1, 0.15) is 12.5 Å². The predicted octanol–water partition coefficient (Wildman–Crippen LogP) is 4.18. The van der Waals surface area contributed by atoms with Crippen LogP contribution in [0.25, 0.3) is 0 Å². The third-order valence-electron chi connectivity index (χ3n) is 4.61. The minimum atomic E-state index is -0.237. The molecule has 0 saturated heterocycles. The summed E-state index contributed by atoms with van der Waals surface area (Å²) in [5.41, 5.74) is 3.59. The summed E-state index contributed by atoms with van der Waals surface area (Å²) in [5.74, 6) is 0.942. The number of hydrogen-bond donors (Lipinski definition) is 1. The van der Waals surface area contributed by atoms with Crippen molar-refractivity contribution < 1.29 is 9.53 Å². The van der Waals surface area contributed by atoms with Gasteiger partial charge in [-0.3, -0.25) is 4.79 Å². The summed E-state index contributed by atoms with van der Waals surface area (Å²) in [5, 5.41) is 2.77. The lowest BCUT2D eigenvalue weighted by Gasteiger charge is -2.24. The first-order chi connectivity index (χ1) is 13.2. The number of carbonyl (C=O) groups is 1. The van der Waals surface area contributed by atoms with Gasteiger partial charge in [-0.05, 0) is 49.2 Å². The first kappa shape index (κ1) is 17.1. The lowest BCUT2D eigenvalue weighted by molar-refractivity contribution is -0.118. The Labute approximate surface area is 158 Å². The minimum Gasteiger partial charge on any atom is -0.484 e. The Hall–Kier alpha value is -3.34. The molecule has 27 heavy (non-hydrogen) atoms. The molecule has 1 atom stereocenters. The van der Waals surface area contributed by atoms with Crippen molar-refractivity contribution in [3.8, 4) is 5.75 Å². The van der Waals surface area contributed by atoms with E-state index in [0.717, 1.165) is 12.1 Å². The van der Waals surface area contributed by atoms with Crippen LogP contribution in [0.3, 0.4) is 0 Å². The molecule has 136 valence electrons. The van der Waals surface area contributed by atoms with Crippen molar-refractivity contribution in [2.24, 2.45) is 0 Å². The van der Waals surface area contributed by atoms with E-state index in [9.17, 15) is 4.79 Å². The van der Waals surface area contributed by atoms with E-state index in [1.165, 1.54) is 11.3 Å². The van der Waals surface area contributed by atoms with Gasteiger partial charge in [0.25, 0.3) is 5.91 Å². The van der Waals surface area contributed by atoms with E-state index in [4.69, 9.17) is 4.74 Å². The molecular weight excluding hydrogens is 338 g/mol. The van der Waals surface area contributed by atoms with E-state index in [1.807, 2.05) is 42.5 Å². The molecule has 0 aliphatic carbocycles. The molecule has 0 radical (unpaired) electrons. The van der Waals surface area contributed by atoms with Crippen LogP contribution in [0, 0.1) is 0 Å². The number of hydrogen-bond acceptors (Lipinski definition) is 4. The number of ether oxygens (including phenoxy) is 1. The molecule has 0 spiro atoms. The number of anilines is 3. The Morgan fingerprint density at radius 2 is 1.89 bits per heavy atom. The maximum Gasteiger partial charge on any atom is 0.263 e. The van der Waals surface area contributed by atoms with Gasteiger partial charge >= 0.3 is 0 Å². The van der Waals surface area contributed by atoms with Crippen LogP contribution in [0.15, 0.2) is 72.9 Å². The van der Waals surface area contributed by atoms with E-state index in [1.54, 1.807) is 6.20 Å². The summed E-state index contributed by atoms with van der Waals surface area (Å²) in [4.78, 5) is 18.7. The average Bonchev–Trinajstić information content (AvgIpc) is 3.04. The third kappa shape index (κ3) is 3.77. The molecule has 0 saturated carbocycles. The Kier molecular flexibility index (Phi) is 4.75. The number of fused-ring (bicyclic) bond motifs is 1. The third-order valence-corrected chi connectivity index (χ3v) is 4.61. The monoisotopic (exact) mass is 359 g/mol. The molecular formula is C22H21N3O2. The lowest BCUT2D eigenvalue weighted by Crippen LogP contribution is -2.24. The van der Waals surface area contributed by atoms with Crippen LogP contribution in [-0.2, 0) is 11.2 Å². The quantitative estimate of drug-likeness (QED) is 0.742. The van der Waals surface area contributed by atoms with Crippen molar-refractivity contribution in [1.29, 1.82) is 0 Å². The lowest BCUT2D eigenvalue weighted by atomic mass is 10.1. The fourth-order valence-electron chi connectivity index (χ4n) is 3.41. The van der Waals surface area contributed by atoms with Gasteiger partial charge in [-0.25, -0.2) is 4.98 Å². The van der Waals surface area contributed by atoms with Gasteiger partial charge < -0.3 is 15.0 Å². The molecule has 4 rings (SSSR count). The first-order valence-electron chi connectivity index (χ1n) is 9.01. The Balaban J connectivity index is 1.40. The van der Waals surface area contributed by atoms with Crippen LogP contribution in [0.2, 0.25) is 0 Å². The maximum atomic E-state index is 12.1. The van der Waals surface area contributed by atoms with Gasteiger partial charge in [-0.15, -0.1) is 0 Å². The average molecular weight is 359 g/mol. The molecule has 1 amide bonds. The highest BCUT2D eigenvalue weighted by Crippen LogP contribution is 2.37. The highest BCUT2D eigenvalue weighted by molar-refractivity contribution is 5.91. The normalized spacial score (nSPS) is 15.3. The van der Waals surface area contributed by atoms with Gasteiger partial charge in [0, 0.05) is 11.7 Å². The molecule has 1 aliphatic heterocycles. The fourth-order valence-corrected chi connectivity index (χ4v) is 3.41. The zero-order valence-electron chi connectivity index (χ0n) is 15.1. The topological polar surface area (TPSA) is 54.5 Å². The minimum absolute atomic E-state index is 0.0516. The Morgan fingerprint density at radius 3 is 2.67 bits per heavy atom. The van der Waals surface area contributed by atoms with E-state index in [-0.39, 0.29) is 12.5 Å². The van der Waals surface area contributed by atoms with E-state index >= 15 is 0 Å². The first-order valence-corrected chi connectivity index (χ1v) is 9.01. The molecule has 1 unspecified atom stereocenters. The second-order valence-corrected chi connectivity index (χ2v) is 6.60. The molecule has 1 aromatic heterocycles. The fraction of sp³-hybridized carbons (Fsp3) is 0.182. The van der Waals surface area contributed by atoms with Crippen molar-refractivity contribution in [2.45, 2.75) is 19.4 Å². The van der Waals surface area contributed by atoms with E-state index in [2.05, 4.69) is 46.4 Å². The summed E-state index contributed by atoms with van der Waals surface area (Å²) < 4.78 is 5.45. The zero-order chi connectivity index (χ0) is 18.6. The second kappa shape index (κ2) is 7.50. The summed E-state index contributed by atoms with van der Waals surface area (Å²) in [6.07, 6.45) is 2.82. The highest BCUT2D eigenvalue weighted by Gasteiger charge is 2.26. The standard InChI is InChI=1S/C22H21N3O2/c1-16-13-17-7-5-6-10-20(17)25(16)18-11-12-21(23-14-18)24-22(26)15-27-19-8-3-2-4-9-19/h2-12,14,16H,13,15H2,1H3,(H,23,24,26). The molecule has 0 bridgehead atoms. The van der Waals surface area contributed by atoms with Gasteiger partial charge in [0.15, 0.2) is 6.61 Å². The van der Waals surface area contributed by atoms with E-state index in [0.29, 0.717) is 17.6 Å². The number of amides is 1. The smallest absolute Gasteiger partial charge is 0.263 e. The number of para-hydroxylation sites is 2. The van der Waals surface area contributed by atoms with E-state index < -0.39 is 0 Å². The van der Waals surface area contributed by atoms with Crippen molar-refractivity contribution in [3.63, 3.8) is 0 Å². The Morgan fingerprint density at radius 1 is 1.11 bits per heavy atom. The summed E-state index contributed by atoms with van der Waals surface area (Å²) >= 11 is 0. The van der Waals surface area contributed by atoms with Crippen LogP contribution >= 0.6 is 0 Å². The van der Waals surface area contributed by atoms with Crippen molar-refractivity contribution >= 4 is 23.1 Å². The molecule has 5 nitrogen and oxygen atoms in total.